The molecular formula is C12H20N2O4. The van der Waals surface area contributed by atoms with E-state index in [1.807, 2.05) is 0 Å². The van der Waals surface area contributed by atoms with Gasteiger partial charge in [-0.15, -0.1) is 0 Å². The van der Waals surface area contributed by atoms with Gasteiger partial charge in [-0.05, 0) is 25.9 Å². The average molecular weight is 256 g/mol. The van der Waals surface area contributed by atoms with Gasteiger partial charge >= 0.3 is 6.09 Å². The van der Waals surface area contributed by atoms with Gasteiger partial charge < -0.3 is 24.8 Å². The topological polar surface area (TPSA) is 68.8 Å². The summed E-state index contributed by atoms with van der Waals surface area (Å²) >= 11 is 0. The first-order valence-electron chi connectivity index (χ1n) is 6.67. The second-order valence-corrected chi connectivity index (χ2v) is 5.31. The first kappa shape index (κ1) is 12.2. The monoisotopic (exact) mass is 256 g/mol. The molecule has 0 aromatic rings. The van der Waals surface area contributed by atoms with Crippen LogP contribution < -0.4 is 10.6 Å². The quantitative estimate of drug-likeness (QED) is 0.745. The summed E-state index contributed by atoms with van der Waals surface area (Å²) in [5, 5.41) is 5.97. The highest BCUT2D eigenvalue weighted by Crippen LogP contribution is 2.35. The van der Waals surface area contributed by atoms with Crippen molar-refractivity contribution in [1.29, 1.82) is 0 Å². The molecule has 3 aliphatic rings. The molecule has 3 rings (SSSR count). The fourth-order valence-corrected chi connectivity index (χ4v) is 2.91. The Kier molecular flexibility index (Phi) is 3.41. The van der Waals surface area contributed by atoms with E-state index in [1.165, 1.54) is 0 Å². The molecule has 3 saturated heterocycles. The minimum atomic E-state index is -0.346. The van der Waals surface area contributed by atoms with Gasteiger partial charge in [-0.2, -0.15) is 0 Å². The highest BCUT2D eigenvalue weighted by molar-refractivity contribution is 5.69. The molecule has 0 radical (unpaired) electrons. The zero-order chi connectivity index (χ0) is 12.4. The average Bonchev–Trinajstić information content (AvgIpc) is 2.96. The van der Waals surface area contributed by atoms with E-state index < -0.39 is 0 Å². The normalized spacial score (nSPS) is 34.6. The van der Waals surface area contributed by atoms with Crippen LogP contribution in [0.25, 0.3) is 0 Å². The van der Waals surface area contributed by atoms with Crippen molar-refractivity contribution in [3.63, 3.8) is 0 Å². The fourth-order valence-electron chi connectivity index (χ4n) is 2.91. The van der Waals surface area contributed by atoms with Gasteiger partial charge in [0.15, 0.2) is 0 Å². The van der Waals surface area contributed by atoms with Gasteiger partial charge in [0.1, 0.15) is 6.10 Å². The van der Waals surface area contributed by atoms with E-state index in [0.29, 0.717) is 19.8 Å². The van der Waals surface area contributed by atoms with Crippen molar-refractivity contribution in [3.8, 4) is 0 Å². The second kappa shape index (κ2) is 5.03. The molecule has 6 heteroatoms. The lowest BCUT2D eigenvalue weighted by Crippen LogP contribution is -2.41. The van der Waals surface area contributed by atoms with Crippen LogP contribution in [0.15, 0.2) is 0 Å². The number of cyclic esters (lactones) is 1. The summed E-state index contributed by atoms with van der Waals surface area (Å²) in [6.45, 7) is 3.71. The number of piperidine rings is 1. The van der Waals surface area contributed by atoms with Crippen molar-refractivity contribution in [3.05, 3.63) is 0 Å². The van der Waals surface area contributed by atoms with Gasteiger partial charge in [0.25, 0.3) is 0 Å². The molecule has 1 amide bonds. The van der Waals surface area contributed by atoms with Gasteiger partial charge in [0.2, 0.25) is 0 Å². The number of carbonyl (C=O) groups is 1. The SMILES string of the molecule is O=C1NCC(COC2COC3(CCNCC3)C2)O1. The maximum absolute atomic E-state index is 10.9. The highest BCUT2D eigenvalue weighted by atomic mass is 16.6. The second-order valence-electron chi connectivity index (χ2n) is 5.31. The molecule has 2 atom stereocenters. The Balaban J connectivity index is 1.43. The lowest BCUT2D eigenvalue weighted by atomic mass is 9.89. The minimum absolute atomic E-state index is 0.0283. The predicted octanol–water partition coefficient (Wildman–Crippen LogP) is 0.0225. The van der Waals surface area contributed by atoms with E-state index >= 15 is 0 Å². The molecule has 1 spiro atoms. The highest BCUT2D eigenvalue weighted by Gasteiger charge is 2.41. The van der Waals surface area contributed by atoms with Gasteiger partial charge in [0.05, 0.1) is 31.5 Å². The fraction of sp³-hybridized carbons (Fsp3) is 0.917. The molecule has 18 heavy (non-hydrogen) atoms. The van der Waals surface area contributed by atoms with Crippen molar-refractivity contribution >= 4 is 6.09 Å². The summed E-state index contributed by atoms with van der Waals surface area (Å²) in [6, 6.07) is 0. The molecule has 0 aromatic heterocycles. The number of rotatable bonds is 3. The Bertz CT molecular complexity index is 317. The largest absolute Gasteiger partial charge is 0.442 e. The molecular weight excluding hydrogens is 236 g/mol. The molecule has 3 heterocycles. The maximum atomic E-state index is 10.9. The van der Waals surface area contributed by atoms with E-state index in [4.69, 9.17) is 14.2 Å². The molecule has 3 aliphatic heterocycles. The number of hydrogen-bond donors (Lipinski definition) is 2. The van der Waals surface area contributed by atoms with Crippen molar-refractivity contribution in [2.24, 2.45) is 0 Å². The van der Waals surface area contributed by atoms with Gasteiger partial charge in [-0.3, -0.25) is 0 Å². The van der Waals surface area contributed by atoms with Crippen LogP contribution in [-0.2, 0) is 14.2 Å². The molecule has 0 aliphatic carbocycles. The van der Waals surface area contributed by atoms with Crippen LogP contribution in [0.3, 0.4) is 0 Å². The summed E-state index contributed by atoms with van der Waals surface area (Å²) in [5.74, 6) is 0. The number of nitrogens with one attached hydrogen (secondary N) is 2. The lowest BCUT2D eigenvalue weighted by Gasteiger charge is -2.32. The molecule has 0 aromatic carbocycles. The number of ether oxygens (including phenoxy) is 3. The first-order valence-corrected chi connectivity index (χ1v) is 6.67. The van der Waals surface area contributed by atoms with E-state index in [1.54, 1.807) is 0 Å². The van der Waals surface area contributed by atoms with Crippen molar-refractivity contribution in [1.82, 2.24) is 10.6 Å². The van der Waals surface area contributed by atoms with Crippen LogP contribution in [0.4, 0.5) is 4.79 Å². The molecule has 0 saturated carbocycles. The van der Waals surface area contributed by atoms with Crippen LogP contribution >= 0.6 is 0 Å². The maximum Gasteiger partial charge on any atom is 0.407 e. The Morgan fingerprint density at radius 3 is 2.94 bits per heavy atom. The first-order chi connectivity index (χ1) is 8.76. The molecule has 2 unspecified atom stereocenters. The summed E-state index contributed by atoms with van der Waals surface area (Å²) in [6.07, 6.45) is 2.73. The van der Waals surface area contributed by atoms with Crippen molar-refractivity contribution in [2.45, 2.75) is 37.1 Å². The zero-order valence-electron chi connectivity index (χ0n) is 10.4. The molecule has 6 nitrogen and oxygen atoms in total. The molecule has 3 fully saturated rings. The van der Waals surface area contributed by atoms with Crippen molar-refractivity contribution < 1.29 is 19.0 Å². The summed E-state index contributed by atoms with van der Waals surface area (Å²) in [7, 11) is 0. The third-order valence-corrected chi connectivity index (χ3v) is 3.96. The van der Waals surface area contributed by atoms with Crippen LogP contribution in [0.1, 0.15) is 19.3 Å². The smallest absolute Gasteiger partial charge is 0.407 e. The summed E-state index contributed by atoms with van der Waals surface area (Å²) in [5.41, 5.74) is 0.0283. The Hall–Kier alpha value is -0.850. The predicted molar refractivity (Wildman–Crippen MR) is 63.4 cm³/mol. The summed E-state index contributed by atoms with van der Waals surface area (Å²) in [4.78, 5) is 10.9. The summed E-state index contributed by atoms with van der Waals surface area (Å²) < 4.78 is 16.8. The van der Waals surface area contributed by atoms with E-state index in [2.05, 4.69) is 10.6 Å². The van der Waals surface area contributed by atoms with Crippen molar-refractivity contribution in [2.75, 3.05) is 32.8 Å². The third-order valence-electron chi connectivity index (χ3n) is 3.96. The Labute approximate surface area is 106 Å². The molecule has 2 N–H and O–H groups in total. The van der Waals surface area contributed by atoms with Gasteiger partial charge in [0, 0.05) is 6.42 Å². The van der Waals surface area contributed by atoms with E-state index in [9.17, 15) is 4.79 Å². The van der Waals surface area contributed by atoms with Crippen LogP contribution in [0.2, 0.25) is 0 Å². The Morgan fingerprint density at radius 1 is 1.39 bits per heavy atom. The van der Waals surface area contributed by atoms with E-state index in [-0.39, 0.29) is 23.9 Å². The standard InChI is InChI=1S/C12H20N2O4/c15-11-14-6-10(18-11)7-16-9-5-12(17-8-9)1-3-13-4-2-12/h9-10,13H,1-8H2,(H,14,15). The molecule has 0 bridgehead atoms. The van der Waals surface area contributed by atoms with E-state index in [0.717, 1.165) is 32.4 Å². The Morgan fingerprint density at radius 2 is 2.22 bits per heavy atom. The minimum Gasteiger partial charge on any atom is -0.442 e. The number of hydrogen-bond acceptors (Lipinski definition) is 5. The zero-order valence-corrected chi connectivity index (χ0v) is 10.4. The number of carbonyl (C=O) groups excluding carboxylic acids is 1. The number of amides is 1. The van der Waals surface area contributed by atoms with Gasteiger partial charge in [-0.25, -0.2) is 4.79 Å². The third kappa shape index (κ3) is 2.60. The van der Waals surface area contributed by atoms with Gasteiger partial charge in [-0.1, -0.05) is 0 Å². The van der Waals surface area contributed by atoms with Crippen LogP contribution in [-0.4, -0.2) is 56.8 Å². The lowest BCUT2D eigenvalue weighted by molar-refractivity contribution is -0.0275. The molecule has 102 valence electrons. The van der Waals surface area contributed by atoms with Crippen LogP contribution in [0.5, 0.6) is 0 Å². The number of alkyl carbamates (subject to hydrolysis) is 1. The van der Waals surface area contributed by atoms with Crippen LogP contribution in [0, 0.1) is 0 Å².